The van der Waals surface area contributed by atoms with Gasteiger partial charge in [0.1, 0.15) is 0 Å². The molecule has 1 atom stereocenters. The summed E-state index contributed by atoms with van der Waals surface area (Å²) in [7, 11) is 0. The predicted octanol–water partition coefficient (Wildman–Crippen LogP) is 3.29. The summed E-state index contributed by atoms with van der Waals surface area (Å²) < 4.78 is 0. The smallest absolute Gasteiger partial charge is 0.0465 e. The molecule has 1 unspecified atom stereocenters. The fourth-order valence-corrected chi connectivity index (χ4v) is 2.45. The summed E-state index contributed by atoms with van der Waals surface area (Å²) in [6, 6.07) is 7.94. The molecule has 1 aliphatic carbocycles. The molecule has 2 heteroatoms. The summed E-state index contributed by atoms with van der Waals surface area (Å²) in [4.78, 5) is 0. The van der Waals surface area contributed by atoms with Crippen LogP contribution in [0.2, 0.25) is 5.02 Å². The third kappa shape index (κ3) is 2.53. The van der Waals surface area contributed by atoms with Gasteiger partial charge in [-0.05, 0) is 29.9 Å². The Morgan fingerprint density at radius 2 is 2.07 bits per heavy atom. The van der Waals surface area contributed by atoms with Gasteiger partial charge in [-0.2, -0.15) is 0 Å². The molecule has 1 aromatic carbocycles. The van der Waals surface area contributed by atoms with Crippen LogP contribution in [0.15, 0.2) is 24.3 Å². The second-order valence-corrected chi connectivity index (χ2v) is 4.84. The highest BCUT2D eigenvalue weighted by Crippen LogP contribution is 2.35. The van der Waals surface area contributed by atoms with Gasteiger partial charge in [-0.1, -0.05) is 49.1 Å². The molecule has 0 spiro atoms. The van der Waals surface area contributed by atoms with Crippen molar-refractivity contribution in [3.05, 3.63) is 34.9 Å². The van der Waals surface area contributed by atoms with Gasteiger partial charge in [0.2, 0.25) is 0 Å². The van der Waals surface area contributed by atoms with E-state index in [4.69, 9.17) is 11.6 Å². The van der Waals surface area contributed by atoms with Crippen LogP contribution in [0.1, 0.15) is 24.8 Å². The molecule has 0 bridgehead atoms. The number of aliphatic hydroxyl groups excluding tert-OH is 1. The van der Waals surface area contributed by atoms with Crippen LogP contribution in [0.4, 0.5) is 0 Å². The first kappa shape index (κ1) is 11.0. The number of hydrogen-bond acceptors (Lipinski definition) is 1. The zero-order valence-electron chi connectivity index (χ0n) is 8.82. The maximum atomic E-state index is 9.37. The van der Waals surface area contributed by atoms with Gasteiger partial charge in [-0.15, -0.1) is 0 Å². The lowest BCUT2D eigenvalue weighted by Crippen LogP contribution is -2.26. The molecule has 82 valence electrons. The van der Waals surface area contributed by atoms with Crippen LogP contribution < -0.4 is 0 Å². The quantitative estimate of drug-likeness (QED) is 0.832. The Bertz CT molecular complexity index is 320. The van der Waals surface area contributed by atoms with E-state index in [1.54, 1.807) is 0 Å². The van der Waals surface area contributed by atoms with Gasteiger partial charge in [-0.25, -0.2) is 0 Å². The van der Waals surface area contributed by atoms with Gasteiger partial charge >= 0.3 is 0 Å². The van der Waals surface area contributed by atoms with Crippen molar-refractivity contribution in [3.63, 3.8) is 0 Å². The fraction of sp³-hybridized carbons (Fsp3) is 0.538. The molecule has 0 aromatic heterocycles. The Labute approximate surface area is 96.1 Å². The van der Waals surface area contributed by atoms with Gasteiger partial charge in [0.05, 0.1) is 0 Å². The average molecular weight is 225 g/mol. The number of rotatable bonds is 4. The van der Waals surface area contributed by atoms with Crippen molar-refractivity contribution in [2.45, 2.75) is 25.7 Å². The van der Waals surface area contributed by atoms with E-state index in [1.165, 1.54) is 24.8 Å². The fourth-order valence-electron chi connectivity index (χ4n) is 2.24. The van der Waals surface area contributed by atoms with E-state index >= 15 is 0 Å². The van der Waals surface area contributed by atoms with Gasteiger partial charge in [0.25, 0.3) is 0 Å². The van der Waals surface area contributed by atoms with Crippen LogP contribution in [-0.2, 0) is 6.42 Å². The van der Waals surface area contributed by atoms with Gasteiger partial charge in [-0.3, -0.25) is 0 Å². The van der Waals surface area contributed by atoms with Crippen molar-refractivity contribution >= 4 is 11.6 Å². The van der Waals surface area contributed by atoms with Crippen LogP contribution in [0.5, 0.6) is 0 Å². The van der Waals surface area contributed by atoms with E-state index in [0.717, 1.165) is 11.4 Å². The van der Waals surface area contributed by atoms with E-state index in [0.29, 0.717) is 11.8 Å². The minimum Gasteiger partial charge on any atom is -0.396 e. The first-order valence-corrected chi connectivity index (χ1v) is 6.03. The molecule has 1 aromatic rings. The van der Waals surface area contributed by atoms with Crippen LogP contribution in [0, 0.1) is 11.8 Å². The summed E-state index contributed by atoms with van der Waals surface area (Å²) in [6.45, 7) is 0.288. The van der Waals surface area contributed by atoms with Crippen LogP contribution in [0.25, 0.3) is 0 Å². The van der Waals surface area contributed by atoms with Gasteiger partial charge in [0.15, 0.2) is 0 Å². The van der Waals surface area contributed by atoms with E-state index in [1.807, 2.05) is 18.2 Å². The topological polar surface area (TPSA) is 20.2 Å². The van der Waals surface area contributed by atoms with Gasteiger partial charge < -0.3 is 5.11 Å². The first-order chi connectivity index (χ1) is 7.31. The second kappa shape index (κ2) is 5.00. The highest BCUT2D eigenvalue weighted by atomic mass is 35.5. The predicted molar refractivity (Wildman–Crippen MR) is 63.1 cm³/mol. The number of hydrogen-bond donors (Lipinski definition) is 1. The standard InChI is InChI=1S/C13H17ClO/c14-13-7-2-1-4-11(13)8-12(9-15)10-5-3-6-10/h1-2,4,7,10,12,15H,3,5-6,8-9H2. The normalized spacial score (nSPS) is 18.5. The van der Waals surface area contributed by atoms with Crippen LogP contribution in [0.3, 0.4) is 0 Å². The van der Waals surface area contributed by atoms with Crippen LogP contribution in [-0.4, -0.2) is 11.7 Å². The summed E-state index contributed by atoms with van der Waals surface area (Å²) in [5.74, 6) is 1.12. The zero-order valence-corrected chi connectivity index (χ0v) is 9.58. The Hall–Kier alpha value is -0.530. The van der Waals surface area contributed by atoms with E-state index < -0.39 is 0 Å². The lowest BCUT2D eigenvalue weighted by molar-refractivity contribution is 0.123. The van der Waals surface area contributed by atoms with Crippen molar-refractivity contribution in [2.75, 3.05) is 6.61 Å². The molecule has 1 saturated carbocycles. The average Bonchev–Trinajstić information content (AvgIpc) is 2.17. The molecular weight excluding hydrogens is 208 g/mol. The Morgan fingerprint density at radius 1 is 1.33 bits per heavy atom. The van der Waals surface area contributed by atoms with Crippen LogP contribution >= 0.6 is 11.6 Å². The molecule has 0 heterocycles. The molecule has 1 N–H and O–H groups in total. The lowest BCUT2D eigenvalue weighted by Gasteiger charge is -2.32. The lowest BCUT2D eigenvalue weighted by atomic mass is 9.74. The molecule has 1 aliphatic rings. The largest absolute Gasteiger partial charge is 0.396 e. The van der Waals surface area contributed by atoms with Crippen molar-refractivity contribution in [3.8, 4) is 0 Å². The number of halogens is 1. The molecule has 0 aliphatic heterocycles. The Morgan fingerprint density at radius 3 is 2.60 bits per heavy atom. The summed E-state index contributed by atoms with van der Waals surface area (Å²) in [6.07, 6.45) is 4.79. The highest BCUT2D eigenvalue weighted by Gasteiger charge is 2.27. The highest BCUT2D eigenvalue weighted by molar-refractivity contribution is 6.31. The molecule has 0 amide bonds. The van der Waals surface area contributed by atoms with Crippen molar-refractivity contribution in [2.24, 2.45) is 11.8 Å². The number of aliphatic hydroxyl groups is 1. The van der Waals surface area contributed by atoms with E-state index in [9.17, 15) is 5.11 Å². The minimum absolute atomic E-state index is 0.288. The monoisotopic (exact) mass is 224 g/mol. The zero-order chi connectivity index (χ0) is 10.7. The first-order valence-electron chi connectivity index (χ1n) is 5.65. The van der Waals surface area contributed by atoms with Gasteiger partial charge in [0, 0.05) is 11.6 Å². The minimum atomic E-state index is 0.288. The molecule has 1 fully saturated rings. The third-order valence-electron chi connectivity index (χ3n) is 3.49. The van der Waals surface area contributed by atoms with E-state index in [2.05, 4.69) is 6.07 Å². The third-order valence-corrected chi connectivity index (χ3v) is 3.86. The SMILES string of the molecule is OCC(Cc1ccccc1Cl)C1CCC1. The Kier molecular flexibility index (Phi) is 3.66. The molecular formula is C13H17ClO. The molecule has 0 saturated heterocycles. The summed E-state index contributed by atoms with van der Waals surface area (Å²) in [5.41, 5.74) is 1.17. The second-order valence-electron chi connectivity index (χ2n) is 4.43. The van der Waals surface area contributed by atoms with E-state index in [-0.39, 0.29) is 6.61 Å². The molecule has 2 rings (SSSR count). The summed E-state index contributed by atoms with van der Waals surface area (Å²) >= 11 is 6.11. The molecule has 1 nitrogen and oxygen atoms in total. The maximum absolute atomic E-state index is 9.37. The van der Waals surface area contributed by atoms with Crippen molar-refractivity contribution in [1.82, 2.24) is 0 Å². The van der Waals surface area contributed by atoms with Crippen molar-refractivity contribution in [1.29, 1.82) is 0 Å². The molecule has 0 radical (unpaired) electrons. The number of benzene rings is 1. The van der Waals surface area contributed by atoms with Crippen molar-refractivity contribution < 1.29 is 5.11 Å². The Balaban J connectivity index is 2.02. The summed E-state index contributed by atoms with van der Waals surface area (Å²) in [5, 5.41) is 10.2. The molecule has 15 heavy (non-hydrogen) atoms. The maximum Gasteiger partial charge on any atom is 0.0465 e.